The van der Waals surface area contributed by atoms with E-state index in [1.807, 2.05) is 30.3 Å². The largest absolute Gasteiger partial charge is 0.416 e. The van der Waals surface area contributed by atoms with Gasteiger partial charge in [-0.1, -0.05) is 36.4 Å². The smallest absolute Gasteiger partial charge is 0.342 e. The lowest BCUT2D eigenvalue weighted by atomic mass is 10.1. The molecule has 0 spiro atoms. The summed E-state index contributed by atoms with van der Waals surface area (Å²) in [6, 6.07) is 18.4. The minimum Gasteiger partial charge on any atom is -0.342 e. The van der Waals surface area contributed by atoms with Crippen molar-refractivity contribution in [3.8, 4) is 11.1 Å². The Morgan fingerprint density at radius 1 is 1.00 bits per heavy atom. The molecule has 0 saturated heterocycles. The second-order valence-electron chi connectivity index (χ2n) is 7.72. The highest BCUT2D eigenvalue weighted by atomic mass is 32.2. The van der Waals surface area contributed by atoms with Crippen LogP contribution in [0.25, 0.3) is 22.2 Å². The van der Waals surface area contributed by atoms with E-state index in [2.05, 4.69) is 9.97 Å². The Morgan fingerprint density at radius 2 is 1.74 bits per heavy atom. The van der Waals surface area contributed by atoms with Crippen molar-refractivity contribution in [3.05, 3.63) is 83.7 Å². The third-order valence-corrected chi connectivity index (χ3v) is 6.51. The highest BCUT2D eigenvalue weighted by molar-refractivity contribution is 7.82. The first-order valence-corrected chi connectivity index (χ1v) is 10.9. The number of imidazole rings is 1. The van der Waals surface area contributed by atoms with Crippen molar-refractivity contribution >= 4 is 22.0 Å². The summed E-state index contributed by atoms with van der Waals surface area (Å²) in [5, 5.41) is 5.61. The monoisotopic (exact) mass is 441 g/mol. The SMILES string of the molecule is NS(=O)c1ccccc1-c1ccc2nc([C@@H]3C[C@H]3c3ccc(C(F)(F)F)cc3)[nH]c2c1. The van der Waals surface area contributed by atoms with E-state index < -0.39 is 22.7 Å². The van der Waals surface area contributed by atoms with Gasteiger partial charge in [0.1, 0.15) is 16.8 Å². The van der Waals surface area contributed by atoms with Crippen molar-refractivity contribution in [2.24, 2.45) is 5.14 Å². The van der Waals surface area contributed by atoms with Crippen LogP contribution in [0.4, 0.5) is 13.2 Å². The summed E-state index contributed by atoms with van der Waals surface area (Å²) in [5.41, 5.74) is 3.59. The maximum absolute atomic E-state index is 12.8. The fourth-order valence-electron chi connectivity index (χ4n) is 4.04. The quantitative estimate of drug-likeness (QED) is 0.439. The molecule has 1 aliphatic carbocycles. The van der Waals surface area contributed by atoms with Crippen molar-refractivity contribution in [2.45, 2.75) is 29.3 Å². The number of halogens is 3. The standard InChI is InChI=1S/C23H18F3N3OS/c24-23(25,26)15-8-5-13(6-9-15)17-12-18(17)22-28-19-10-7-14(11-20(19)29-22)16-3-1-2-4-21(16)31(27)30/h1-11,17-18H,12,27H2,(H,28,29)/t17-,18+,31?/m0/s1. The van der Waals surface area contributed by atoms with Crippen LogP contribution in [-0.4, -0.2) is 14.2 Å². The number of nitrogens with zero attached hydrogens (tertiary/aromatic N) is 1. The van der Waals surface area contributed by atoms with Crippen molar-refractivity contribution < 1.29 is 17.4 Å². The molecule has 1 aromatic heterocycles. The highest BCUT2D eigenvalue weighted by Gasteiger charge is 2.42. The van der Waals surface area contributed by atoms with E-state index in [1.54, 1.807) is 24.3 Å². The molecule has 1 unspecified atom stereocenters. The van der Waals surface area contributed by atoms with Crippen molar-refractivity contribution in [3.63, 3.8) is 0 Å². The van der Waals surface area contributed by atoms with Gasteiger partial charge in [-0.15, -0.1) is 0 Å². The van der Waals surface area contributed by atoms with Gasteiger partial charge in [0.15, 0.2) is 0 Å². The molecular formula is C23H18F3N3OS. The average Bonchev–Trinajstić information content (AvgIpc) is 3.44. The van der Waals surface area contributed by atoms with Gasteiger partial charge in [-0.25, -0.2) is 14.3 Å². The molecule has 0 radical (unpaired) electrons. The van der Waals surface area contributed by atoms with Gasteiger partial charge in [-0.2, -0.15) is 13.2 Å². The number of nitrogens with one attached hydrogen (secondary N) is 1. The topological polar surface area (TPSA) is 71.8 Å². The van der Waals surface area contributed by atoms with Gasteiger partial charge in [-0.05, 0) is 59.4 Å². The molecule has 4 nitrogen and oxygen atoms in total. The third-order valence-electron chi connectivity index (χ3n) is 5.72. The molecule has 5 rings (SSSR count). The van der Waals surface area contributed by atoms with Crippen LogP contribution in [0.1, 0.15) is 35.2 Å². The number of aromatic nitrogens is 2. The van der Waals surface area contributed by atoms with Gasteiger partial charge >= 0.3 is 6.18 Å². The number of alkyl halides is 3. The molecule has 31 heavy (non-hydrogen) atoms. The minimum atomic E-state index is -4.33. The lowest BCUT2D eigenvalue weighted by Gasteiger charge is -2.07. The fraction of sp³-hybridized carbons (Fsp3) is 0.174. The van der Waals surface area contributed by atoms with Crippen LogP contribution in [0.15, 0.2) is 71.6 Å². The first-order valence-electron chi connectivity index (χ1n) is 9.73. The van der Waals surface area contributed by atoms with Crippen molar-refractivity contribution in [1.82, 2.24) is 9.97 Å². The Morgan fingerprint density at radius 3 is 2.45 bits per heavy atom. The van der Waals surface area contributed by atoms with E-state index in [4.69, 9.17) is 5.14 Å². The molecule has 8 heteroatoms. The first kappa shape index (κ1) is 20.0. The molecule has 3 N–H and O–H groups in total. The number of hydrogen-bond donors (Lipinski definition) is 2. The Balaban J connectivity index is 1.41. The molecule has 1 saturated carbocycles. The van der Waals surface area contributed by atoms with Crippen molar-refractivity contribution in [2.75, 3.05) is 0 Å². The molecule has 0 aliphatic heterocycles. The van der Waals surface area contributed by atoms with E-state index in [0.717, 1.165) is 52.1 Å². The van der Waals surface area contributed by atoms with Crippen LogP contribution in [-0.2, 0) is 17.2 Å². The number of benzene rings is 3. The van der Waals surface area contributed by atoms with Crippen LogP contribution >= 0.6 is 0 Å². The molecule has 3 atom stereocenters. The summed E-state index contributed by atoms with van der Waals surface area (Å²) in [7, 11) is -1.60. The van der Waals surface area contributed by atoms with E-state index in [0.29, 0.717) is 4.90 Å². The van der Waals surface area contributed by atoms with Crippen LogP contribution < -0.4 is 5.14 Å². The zero-order chi connectivity index (χ0) is 21.8. The number of H-pyrrole nitrogens is 1. The molecule has 158 valence electrons. The zero-order valence-corrected chi connectivity index (χ0v) is 17.0. The summed E-state index contributed by atoms with van der Waals surface area (Å²) in [4.78, 5) is 8.59. The molecule has 1 fully saturated rings. The average molecular weight is 441 g/mol. The molecular weight excluding hydrogens is 423 g/mol. The number of rotatable bonds is 4. The van der Waals surface area contributed by atoms with Gasteiger partial charge in [0.05, 0.1) is 21.5 Å². The van der Waals surface area contributed by atoms with E-state index in [-0.39, 0.29) is 11.8 Å². The fourth-order valence-corrected chi connectivity index (χ4v) is 4.65. The lowest BCUT2D eigenvalue weighted by molar-refractivity contribution is -0.137. The predicted molar refractivity (Wildman–Crippen MR) is 114 cm³/mol. The second kappa shape index (κ2) is 7.32. The third kappa shape index (κ3) is 3.77. The number of hydrogen-bond acceptors (Lipinski definition) is 2. The normalized spacial score (nSPS) is 19.5. The van der Waals surface area contributed by atoms with Gasteiger partial charge in [-0.3, -0.25) is 0 Å². The zero-order valence-electron chi connectivity index (χ0n) is 16.2. The second-order valence-corrected chi connectivity index (χ2v) is 8.75. The van der Waals surface area contributed by atoms with E-state index in [9.17, 15) is 17.4 Å². The first-order chi connectivity index (χ1) is 14.8. The molecule has 1 aliphatic rings. The lowest BCUT2D eigenvalue weighted by Crippen LogP contribution is -2.04. The molecule has 4 aromatic rings. The van der Waals surface area contributed by atoms with Crippen molar-refractivity contribution in [1.29, 1.82) is 0 Å². The molecule has 0 bridgehead atoms. The molecule has 1 heterocycles. The van der Waals surface area contributed by atoms with Gasteiger partial charge < -0.3 is 4.98 Å². The van der Waals surface area contributed by atoms with Crippen LogP contribution in [0.5, 0.6) is 0 Å². The van der Waals surface area contributed by atoms with E-state index >= 15 is 0 Å². The van der Waals surface area contributed by atoms with Crippen LogP contribution in [0.3, 0.4) is 0 Å². The summed E-state index contributed by atoms with van der Waals surface area (Å²) < 4.78 is 50.2. The highest BCUT2D eigenvalue weighted by Crippen LogP contribution is 2.54. The van der Waals surface area contributed by atoms with Crippen LogP contribution in [0, 0.1) is 0 Å². The molecule has 0 amide bonds. The number of aromatic amines is 1. The number of nitrogens with two attached hydrogens (primary N) is 1. The summed E-state index contributed by atoms with van der Waals surface area (Å²) >= 11 is 0. The molecule has 3 aromatic carbocycles. The van der Waals surface area contributed by atoms with Gasteiger partial charge in [0, 0.05) is 5.92 Å². The predicted octanol–water partition coefficient (Wildman–Crippen LogP) is 5.50. The Hall–Kier alpha value is -2.97. The maximum Gasteiger partial charge on any atom is 0.416 e. The Labute approximate surface area is 178 Å². The van der Waals surface area contributed by atoms with E-state index in [1.165, 1.54) is 0 Å². The van der Waals surface area contributed by atoms with Gasteiger partial charge in [0.2, 0.25) is 0 Å². The van der Waals surface area contributed by atoms with Gasteiger partial charge in [0.25, 0.3) is 0 Å². The Bertz CT molecular complexity index is 1300. The summed E-state index contributed by atoms with van der Waals surface area (Å²) in [5.74, 6) is 1.13. The Kier molecular flexibility index (Phi) is 4.71. The number of fused-ring (bicyclic) bond motifs is 1. The van der Waals surface area contributed by atoms with Crippen LogP contribution in [0.2, 0.25) is 0 Å². The summed E-state index contributed by atoms with van der Waals surface area (Å²) in [6.07, 6.45) is -3.49. The minimum absolute atomic E-state index is 0.149. The summed E-state index contributed by atoms with van der Waals surface area (Å²) in [6.45, 7) is 0. The maximum atomic E-state index is 12.8.